The lowest BCUT2D eigenvalue weighted by molar-refractivity contribution is 0.0284. The van der Waals surface area contributed by atoms with Crippen molar-refractivity contribution in [3.8, 4) is 0 Å². The number of benzene rings is 1. The van der Waals surface area contributed by atoms with Crippen LogP contribution in [0.1, 0.15) is 24.0 Å². The minimum atomic E-state index is 0.649. The second-order valence-corrected chi connectivity index (χ2v) is 5.73. The monoisotopic (exact) mass is 230 g/mol. The van der Waals surface area contributed by atoms with Gasteiger partial charge in [0.1, 0.15) is 0 Å². The molecule has 1 aliphatic carbocycles. The summed E-state index contributed by atoms with van der Waals surface area (Å²) in [5.41, 5.74) is 8.28. The molecule has 0 atom stereocenters. The van der Waals surface area contributed by atoms with Crippen molar-refractivity contribution in [2.45, 2.75) is 25.8 Å². The Morgan fingerprint density at radius 3 is 2.18 bits per heavy atom. The van der Waals surface area contributed by atoms with E-state index in [1.807, 2.05) is 0 Å². The molecule has 0 spiro atoms. The number of piperidine rings is 2. The Morgan fingerprint density at radius 1 is 1.00 bits per heavy atom. The molecule has 4 rings (SSSR count). The van der Waals surface area contributed by atoms with E-state index in [1.54, 1.807) is 0 Å². The standard InChI is InChI=1S/C15H22N2/c16-9-13-3-1-12(2-4-13)5-6-17-10-14-7-15(8-14)11-17/h1-4,14-15H,5-11,16H2. The van der Waals surface area contributed by atoms with Gasteiger partial charge in [0.15, 0.2) is 0 Å². The Labute approximate surface area is 104 Å². The van der Waals surface area contributed by atoms with Crippen LogP contribution in [-0.4, -0.2) is 24.5 Å². The molecule has 2 heteroatoms. The fraction of sp³-hybridized carbons (Fsp3) is 0.600. The van der Waals surface area contributed by atoms with E-state index in [2.05, 4.69) is 29.2 Å². The molecule has 2 N–H and O–H groups in total. The largest absolute Gasteiger partial charge is 0.326 e. The lowest BCUT2D eigenvalue weighted by atomic mass is 9.71. The van der Waals surface area contributed by atoms with E-state index in [0.29, 0.717) is 6.54 Å². The molecule has 1 saturated carbocycles. The zero-order valence-electron chi connectivity index (χ0n) is 10.4. The molecule has 1 aromatic carbocycles. The minimum absolute atomic E-state index is 0.649. The third-order valence-corrected chi connectivity index (χ3v) is 4.34. The van der Waals surface area contributed by atoms with E-state index in [9.17, 15) is 0 Å². The van der Waals surface area contributed by atoms with Crippen molar-refractivity contribution in [1.82, 2.24) is 4.90 Å². The van der Waals surface area contributed by atoms with Gasteiger partial charge in [-0.15, -0.1) is 0 Å². The van der Waals surface area contributed by atoms with Gasteiger partial charge in [0, 0.05) is 26.2 Å². The molecule has 0 aromatic heterocycles. The van der Waals surface area contributed by atoms with Gasteiger partial charge in [0.25, 0.3) is 0 Å². The van der Waals surface area contributed by atoms with Gasteiger partial charge >= 0.3 is 0 Å². The Bertz CT molecular complexity index is 355. The van der Waals surface area contributed by atoms with Crippen LogP contribution in [-0.2, 0) is 13.0 Å². The van der Waals surface area contributed by atoms with Crippen molar-refractivity contribution in [2.75, 3.05) is 19.6 Å². The van der Waals surface area contributed by atoms with Crippen molar-refractivity contribution in [2.24, 2.45) is 17.6 Å². The second kappa shape index (κ2) is 4.79. The molecule has 0 amide bonds. The molecule has 2 saturated heterocycles. The predicted molar refractivity (Wildman–Crippen MR) is 70.7 cm³/mol. The molecule has 3 fully saturated rings. The van der Waals surface area contributed by atoms with Crippen LogP contribution in [0, 0.1) is 11.8 Å². The molecule has 1 aromatic rings. The maximum atomic E-state index is 5.60. The van der Waals surface area contributed by atoms with Crippen LogP contribution in [0.2, 0.25) is 0 Å². The molecular formula is C15H22N2. The molecule has 2 heterocycles. The molecule has 2 nitrogen and oxygen atoms in total. The van der Waals surface area contributed by atoms with Gasteiger partial charge in [0.2, 0.25) is 0 Å². The highest BCUT2D eigenvalue weighted by Gasteiger charge is 2.36. The van der Waals surface area contributed by atoms with Crippen molar-refractivity contribution in [1.29, 1.82) is 0 Å². The quantitative estimate of drug-likeness (QED) is 0.857. The highest BCUT2D eigenvalue weighted by molar-refractivity contribution is 5.22. The number of rotatable bonds is 4. The first-order chi connectivity index (χ1) is 8.33. The van der Waals surface area contributed by atoms with E-state index >= 15 is 0 Å². The van der Waals surface area contributed by atoms with Crippen molar-refractivity contribution >= 4 is 0 Å². The van der Waals surface area contributed by atoms with Crippen LogP contribution < -0.4 is 5.73 Å². The summed E-state index contributed by atoms with van der Waals surface area (Å²) in [5, 5.41) is 0. The summed E-state index contributed by atoms with van der Waals surface area (Å²) in [7, 11) is 0. The Hall–Kier alpha value is -0.860. The minimum Gasteiger partial charge on any atom is -0.326 e. The molecule has 3 aliphatic rings. The Kier molecular flexibility index (Phi) is 3.17. The normalized spacial score (nSPS) is 27.8. The van der Waals surface area contributed by atoms with Gasteiger partial charge < -0.3 is 10.6 Å². The van der Waals surface area contributed by atoms with E-state index in [0.717, 1.165) is 11.8 Å². The molecule has 17 heavy (non-hydrogen) atoms. The average Bonchev–Trinajstić information content (AvgIpc) is 2.36. The molecule has 2 bridgehead atoms. The number of fused-ring (bicyclic) bond motifs is 2. The van der Waals surface area contributed by atoms with Crippen LogP contribution in [0.25, 0.3) is 0 Å². The highest BCUT2D eigenvalue weighted by Crippen LogP contribution is 2.39. The lowest BCUT2D eigenvalue weighted by Gasteiger charge is -2.47. The van der Waals surface area contributed by atoms with Gasteiger partial charge in [0.05, 0.1) is 0 Å². The molecule has 0 radical (unpaired) electrons. The summed E-state index contributed by atoms with van der Waals surface area (Å²) in [6, 6.07) is 8.77. The van der Waals surface area contributed by atoms with Crippen LogP contribution in [0.15, 0.2) is 24.3 Å². The maximum absolute atomic E-state index is 5.60. The summed E-state index contributed by atoms with van der Waals surface area (Å²) >= 11 is 0. The summed E-state index contributed by atoms with van der Waals surface area (Å²) in [6.07, 6.45) is 4.19. The van der Waals surface area contributed by atoms with Crippen LogP contribution in [0.3, 0.4) is 0 Å². The van der Waals surface area contributed by atoms with E-state index in [4.69, 9.17) is 5.73 Å². The van der Waals surface area contributed by atoms with Crippen molar-refractivity contribution in [3.63, 3.8) is 0 Å². The maximum Gasteiger partial charge on any atom is 0.0178 e. The third kappa shape index (κ3) is 2.53. The molecule has 0 unspecified atom stereocenters. The number of nitrogens with zero attached hydrogens (tertiary/aromatic N) is 1. The zero-order chi connectivity index (χ0) is 11.7. The van der Waals surface area contributed by atoms with Gasteiger partial charge in [-0.1, -0.05) is 24.3 Å². The molecule has 92 valence electrons. The highest BCUT2D eigenvalue weighted by atomic mass is 15.1. The summed E-state index contributed by atoms with van der Waals surface area (Å²) in [5.74, 6) is 2.04. The summed E-state index contributed by atoms with van der Waals surface area (Å²) in [6.45, 7) is 4.57. The third-order valence-electron chi connectivity index (χ3n) is 4.34. The molecular weight excluding hydrogens is 208 g/mol. The Balaban J connectivity index is 1.49. The van der Waals surface area contributed by atoms with Crippen LogP contribution in [0.4, 0.5) is 0 Å². The van der Waals surface area contributed by atoms with Crippen LogP contribution in [0.5, 0.6) is 0 Å². The smallest absolute Gasteiger partial charge is 0.0178 e. The second-order valence-electron chi connectivity index (χ2n) is 5.73. The lowest BCUT2D eigenvalue weighted by Crippen LogP contribution is -2.49. The van der Waals surface area contributed by atoms with E-state index in [1.165, 1.54) is 50.0 Å². The van der Waals surface area contributed by atoms with E-state index < -0.39 is 0 Å². The van der Waals surface area contributed by atoms with Gasteiger partial charge in [-0.05, 0) is 42.2 Å². The summed E-state index contributed by atoms with van der Waals surface area (Å²) in [4.78, 5) is 2.65. The number of hydrogen-bond acceptors (Lipinski definition) is 2. The molecule has 2 aliphatic heterocycles. The topological polar surface area (TPSA) is 29.3 Å². The van der Waals surface area contributed by atoms with Gasteiger partial charge in [-0.2, -0.15) is 0 Å². The number of hydrogen-bond donors (Lipinski definition) is 1. The first-order valence-corrected chi connectivity index (χ1v) is 6.83. The fourth-order valence-electron chi connectivity index (χ4n) is 3.29. The fourth-order valence-corrected chi connectivity index (χ4v) is 3.29. The van der Waals surface area contributed by atoms with Gasteiger partial charge in [-0.25, -0.2) is 0 Å². The van der Waals surface area contributed by atoms with Crippen molar-refractivity contribution < 1.29 is 0 Å². The van der Waals surface area contributed by atoms with Gasteiger partial charge in [-0.3, -0.25) is 0 Å². The number of nitrogens with two attached hydrogens (primary N) is 1. The van der Waals surface area contributed by atoms with Crippen LogP contribution >= 0.6 is 0 Å². The van der Waals surface area contributed by atoms with Crippen molar-refractivity contribution in [3.05, 3.63) is 35.4 Å². The Morgan fingerprint density at radius 2 is 1.59 bits per heavy atom. The first-order valence-electron chi connectivity index (χ1n) is 6.83. The zero-order valence-corrected chi connectivity index (χ0v) is 10.4. The summed E-state index contributed by atoms with van der Waals surface area (Å²) < 4.78 is 0. The van der Waals surface area contributed by atoms with E-state index in [-0.39, 0.29) is 0 Å². The SMILES string of the molecule is NCc1ccc(CCN2CC3CC(C3)C2)cc1. The first kappa shape index (κ1) is 11.2. The predicted octanol–water partition coefficient (Wildman–Crippen LogP) is 2.03. The average molecular weight is 230 g/mol.